The smallest absolute Gasteiger partial charge is 0.188 e. The van der Waals surface area contributed by atoms with E-state index < -0.39 is 0 Å². The van der Waals surface area contributed by atoms with Crippen LogP contribution in [0.5, 0.6) is 0 Å². The average molecular weight is 363 g/mol. The molecule has 0 saturated heterocycles. The fraction of sp³-hybridized carbons (Fsp3) is 0.150. The van der Waals surface area contributed by atoms with E-state index in [4.69, 9.17) is 0 Å². The number of rotatable bonds is 4. The van der Waals surface area contributed by atoms with Crippen LogP contribution in [0.1, 0.15) is 17.9 Å². The van der Waals surface area contributed by atoms with E-state index in [0.29, 0.717) is 28.8 Å². The van der Waals surface area contributed by atoms with E-state index in [2.05, 4.69) is 20.6 Å². The van der Waals surface area contributed by atoms with Crippen LogP contribution in [-0.4, -0.2) is 25.9 Å². The minimum absolute atomic E-state index is 0.230. The van der Waals surface area contributed by atoms with Gasteiger partial charge in [0.05, 0.1) is 5.56 Å². The summed E-state index contributed by atoms with van der Waals surface area (Å²) in [5, 5.41) is 16.1. The molecular formula is C20H15F2N5. The molecule has 7 heteroatoms. The summed E-state index contributed by atoms with van der Waals surface area (Å²) in [7, 11) is 0. The Morgan fingerprint density at radius 2 is 1.74 bits per heavy atom. The van der Waals surface area contributed by atoms with Crippen molar-refractivity contribution in [1.82, 2.24) is 19.8 Å². The fourth-order valence-electron chi connectivity index (χ4n) is 3.30. The number of halogens is 2. The van der Waals surface area contributed by atoms with E-state index in [9.17, 15) is 8.78 Å². The molecule has 0 spiro atoms. The molecule has 1 saturated carbocycles. The van der Waals surface area contributed by atoms with E-state index in [0.717, 1.165) is 12.0 Å². The molecule has 2 aromatic heterocycles. The Hall–Kier alpha value is -3.35. The Morgan fingerprint density at radius 1 is 0.926 bits per heavy atom. The van der Waals surface area contributed by atoms with E-state index in [1.54, 1.807) is 24.3 Å². The second kappa shape index (κ2) is 6.12. The molecule has 2 atom stereocenters. The van der Waals surface area contributed by atoms with Crippen LogP contribution in [0.2, 0.25) is 0 Å². The first-order chi connectivity index (χ1) is 13.2. The van der Waals surface area contributed by atoms with Gasteiger partial charge in [0.15, 0.2) is 11.5 Å². The fourth-order valence-corrected chi connectivity index (χ4v) is 3.30. The van der Waals surface area contributed by atoms with Gasteiger partial charge in [-0.3, -0.25) is 0 Å². The predicted octanol–water partition coefficient (Wildman–Crippen LogP) is 4.04. The van der Waals surface area contributed by atoms with Gasteiger partial charge < -0.3 is 5.32 Å². The highest BCUT2D eigenvalue weighted by atomic mass is 19.1. The lowest BCUT2D eigenvalue weighted by Gasteiger charge is -2.07. The van der Waals surface area contributed by atoms with Gasteiger partial charge in [-0.05, 0) is 48.4 Å². The summed E-state index contributed by atoms with van der Waals surface area (Å²) in [6.07, 6.45) is 0.952. The third kappa shape index (κ3) is 2.91. The summed E-state index contributed by atoms with van der Waals surface area (Å²) in [5.41, 5.74) is 2.00. The Balaban J connectivity index is 1.41. The van der Waals surface area contributed by atoms with Crippen LogP contribution in [-0.2, 0) is 0 Å². The largest absolute Gasteiger partial charge is 0.365 e. The van der Waals surface area contributed by atoms with Crippen LogP contribution in [0.4, 0.5) is 14.6 Å². The zero-order valence-electron chi connectivity index (χ0n) is 14.2. The van der Waals surface area contributed by atoms with Crippen molar-refractivity contribution >= 4 is 11.5 Å². The molecule has 134 valence electrons. The lowest BCUT2D eigenvalue weighted by Crippen LogP contribution is -2.08. The van der Waals surface area contributed by atoms with Gasteiger partial charge in [0, 0.05) is 12.0 Å². The average Bonchev–Trinajstić information content (AvgIpc) is 3.31. The van der Waals surface area contributed by atoms with Gasteiger partial charge in [-0.25, -0.2) is 8.78 Å². The maximum atomic E-state index is 14.1. The van der Waals surface area contributed by atoms with Crippen molar-refractivity contribution in [2.75, 3.05) is 5.32 Å². The number of fused-ring (bicyclic) bond motifs is 1. The molecule has 5 rings (SSSR count). The van der Waals surface area contributed by atoms with Gasteiger partial charge in [-0.15, -0.1) is 15.3 Å². The van der Waals surface area contributed by atoms with Crippen LogP contribution in [0, 0.1) is 11.6 Å². The zero-order valence-corrected chi connectivity index (χ0v) is 14.2. The Kier molecular flexibility index (Phi) is 3.60. The summed E-state index contributed by atoms with van der Waals surface area (Å²) in [6.45, 7) is 0. The number of aromatic nitrogens is 4. The van der Waals surface area contributed by atoms with E-state index in [-0.39, 0.29) is 17.7 Å². The van der Waals surface area contributed by atoms with E-state index in [1.807, 2.05) is 18.2 Å². The lowest BCUT2D eigenvalue weighted by atomic mass is 10.1. The summed E-state index contributed by atoms with van der Waals surface area (Å²) in [6, 6.07) is 16.9. The number of hydrogen-bond acceptors (Lipinski definition) is 4. The Labute approximate surface area is 153 Å². The lowest BCUT2D eigenvalue weighted by molar-refractivity contribution is 0.627. The molecule has 0 amide bonds. The summed E-state index contributed by atoms with van der Waals surface area (Å²) < 4.78 is 28.7. The second-order valence-corrected chi connectivity index (χ2v) is 6.64. The molecule has 1 N–H and O–H groups in total. The molecule has 0 radical (unpaired) electrons. The SMILES string of the molecule is Fc1ccc([C@@H]2C[C@H]2Nc2ccc3nnc(-c4ccccc4F)n3n2)cc1. The minimum atomic E-state index is -0.370. The van der Waals surface area contributed by atoms with Crippen LogP contribution in [0.15, 0.2) is 60.7 Å². The summed E-state index contributed by atoms with van der Waals surface area (Å²) in [5.74, 6) is 0.747. The Morgan fingerprint density at radius 3 is 2.56 bits per heavy atom. The van der Waals surface area contributed by atoms with Crippen molar-refractivity contribution in [2.45, 2.75) is 18.4 Å². The van der Waals surface area contributed by atoms with E-state index >= 15 is 0 Å². The van der Waals surface area contributed by atoms with Gasteiger partial charge in [0.25, 0.3) is 0 Å². The number of nitrogens with one attached hydrogen (secondary N) is 1. The molecule has 5 nitrogen and oxygen atoms in total. The number of anilines is 1. The van der Waals surface area contributed by atoms with Gasteiger partial charge in [0.1, 0.15) is 17.5 Å². The maximum absolute atomic E-state index is 14.1. The monoisotopic (exact) mass is 363 g/mol. The first-order valence-electron chi connectivity index (χ1n) is 8.68. The molecule has 1 aliphatic carbocycles. The molecule has 2 heterocycles. The number of nitrogens with zero attached hydrogens (tertiary/aromatic N) is 4. The second-order valence-electron chi connectivity index (χ2n) is 6.64. The van der Waals surface area contributed by atoms with Crippen molar-refractivity contribution in [3.05, 3.63) is 77.9 Å². The molecule has 1 aliphatic rings. The molecular weight excluding hydrogens is 348 g/mol. The molecule has 1 fully saturated rings. The summed E-state index contributed by atoms with van der Waals surface area (Å²) >= 11 is 0. The minimum Gasteiger partial charge on any atom is -0.365 e. The zero-order chi connectivity index (χ0) is 18.4. The highest BCUT2D eigenvalue weighted by Crippen LogP contribution is 2.42. The summed E-state index contributed by atoms with van der Waals surface area (Å²) in [4.78, 5) is 0. The Bertz CT molecular complexity index is 1120. The van der Waals surface area contributed by atoms with Gasteiger partial charge >= 0.3 is 0 Å². The standard InChI is InChI=1S/C20H15F2N5/c21-13-7-5-12(6-8-13)15-11-17(15)23-18-9-10-19-24-25-20(27(19)26-18)14-3-1-2-4-16(14)22/h1-10,15,17H,11H2,(H,23,26)/t15-,17+/m0/s1. The molecule has 2 aromatic carbocycles. The predicted molar refractivity (Wildman–Crippen MR) is 97.3 cm³/mol. The quantitative estimate of drug-likeness (QED) is 0.595. The van der Waals surface area contributed by atoms with Gasteiger partial charge in [0.2, 0.25) is 0 Å². The highest BCUT2D eigenvalue weighted by molar-refractivity contribution is 5.60. The third-order valence-electron chi connectivity index (χ3n) is 4.80. The van der Waals surface area contributed by atoms with Crippen molar-refractivity contribution < 1.29 is 8.78 Å². The molecule has 0 bridgehead atoms. The first kappa shape index (κ1) is 15.9. The van der Waals surface area contributed by atoms with Crippen LogP contribution in [0.3, 0.4) is 0 Å². The van der Waals surface area contributed by atoms with Gasteiger partial charge in [-0.1, -0.05) is 24.3 Å². The van der Waals surface area contributed by atoms with Gasteiger partial charge in [-0.2, -0.15) is 4.52 Å². The normalized spacial score (nSPS) is 18.6. The number of benzene rings is 2. The molecule has 0 unspecified atom stereocenters. The van der Waals surface area contributed by atoms with Crippen LogP contribution in [0.25, 0.3) is 17.0 Å². The third-order valence-corrected chi connectivity index (χ3v) is 4.80. The maximum Gasteiger partial charge on any atom is 0.188 e. The molecule has 0 aliphatic heterocycles. The van der Waals surface area contributed by atoms with Crippen LogP contribution >= 0.6 is 0 Å². The van der Waals surface area contributed by atoms with Crippen molar-refractivity contribution in [3.8, 4) is 11.4 Å². The van der Waals surface area contributed by atoms with Crippen LogP contribution < -0.4 is 5.32 Å². The molecule has 27 heavy (non-hydrogen) atoms. The van der Waals surface area contributed by atoms with Crippen molar-refractivity contribution in [1.29, 1.82) is 0 Å². The topological polar surface area (TPSA) is 55.1 Å². The highest BCUT2D eigenvalue weighted by Gasteiger charge is 2.38. The van der Waals surface area contributed by atoms with Crippen molar-refractivity contribution in [2.24, 2.45) is 0 Å². The number of hydrogen-bond donors (Lipinski definition) is 1. The van der Waals surface area contributed by atoms with E-state index in [1.165, 1.54) is 22.7 Å². The molecule has 4 aromatic rings. The van der Waals surface area contributed by atoms with Crippen molar-refractivity contribution in [3.63, 3.8) is 0 Å². The first-order valence-corrected chi connectivity index (χ1v) is 8.68.